The van der Waals surface area contributed by atoms with Gasteiger partial charge in [0.05, 0.1) is 11.2 Å². The van der Waals surface area contributed by atoms with E-state index >= 15 is 0 Å². The number of fused-ring (bicyclic) bond motifs is 8. The molecule has 0 N–H and O–H groups in total. The van der Waals surface area contributed by atoms with Crippen LogP contribution in [-0.4, -0.2) is 4.98 Å². The molecule has 0 amide bonds. The smallest absolute Gasteiger partial charge is 0.0797 e. The van der Waals surface area contributed by atoms with Crippen molar-refractivity contribution in [3.8, 4) is 22.4 Å². The summed E-state index contributed by atoms with van der Waals surface area (Å²) in [5.74, 6) is 1.34. The summed E-state index contributed by atoms with van der Waals surface area (Å²) < 4.78 is 0. The molecule has 2 unspecified atom stereocenters. The SMILES string of the molecule is c1ccc(-c2nc3c(-c4ccccc4)c4ccccc4cc3c3c2C2CCC3C2)cc1. The van der Waals surface area contributed by atoms with E-state index in [0.717, 1.165) is 5.52 Å². The first-order valence-corrected chi connectivity index (χ1v) is 11.4. The van der Waals surface area contributed by atoms with Crippen LogP contribution in [0.25, 0.3) is 44.1 Å². The van der Waals surface area contributed by atoms with Gasteiger partial charge in [0.2, 0.25) is 0 Å². The highest BCUT2D eigenvalue weighted by Gasteiger charge is 2.41. The highest BCUT2D eigenvalue weighted by molar-refractivity contribution is 6.13. The Morgan fingerprint density at radius 3 is 2.03 bits per heavy atom. The monoisotopic (exact) mass is 397 g/mol. The molecule has 148 valence electrons. The summed E-state index contributed by atoms with van der Waals surface area (Å²) >= 11 is 0. The van der Waals surface area contributed by atoms with Crippen molar-refractivity contribution < 1.29 is 0 Å². The molecule has 0 saturated heterocycles. The summed E-state index contributed by atoms with van der Waals surface area (Å²) in [6.45, 7) is 0. The molecule has 4 aromatic carbocycles. The maximum Gasteiger partial charge on any atom is 0.0797 e. The van der Waals surface area contributed by atoms with Gasteiger partial charge in [0.1, 0.15) is 0 Å². The van der Waals surface area contributed by atoms with Crippen LogP contribution in [0.5, 0.6) is 0 Å². The predicted octanol–water partition coefficient (Wildman–Crippen LogP) is 8.09. The van der Waals surface area contributed by atoms with E-state index < -0.39 is 0 Å². The van der Waals surface area contributed by atoms with Gasteiger partial charge in [0.25, 0.3) is 0 Å². The molecule has 0 aliphatic heterocycles. The van der Waals surface area contributed by atoms with Crippen LogP contribution in [0.2, 0.25) is 0 Å². The Hall–Kier alpha value is -3.45. The van der Waals surface area contributed by atoms with Gasteiger partial charge in [-0.05, 0) is 64.6 Å². The molecule has 7 rings (SSSR count). The molecule has 1 saturated carbocycles. The number of pyridine rings is 1. The summed E-state index contributed by atoms with van der Waals surface area (Å²) in [6.07, 6.45) is 3.92. The Morgan fingerprint density at radius 1 is 0.613 bits per heavy atom. The lowest BCUT2D eigenvalue weighted by Gasteiger charge is -2.23. The lowest BCUT2D eigenvalue weighted by Crippen LogP contribution is -2.05. The first-order chi connectivity index (χ1) is 15.4. The van der Waals surface area contributed by atoms with Gasteiger partial charge in [-0.3, -0.25) is 0 Å². The molecule has 1 aromatic heterocycles. The minimum atomic E-state index is 0.666. The number of aromatic nitrogens is 1. The fourth-order valence-corrected chi connectivity index (χ4v) is 6.17. The van der Waals surface area contributed by atoms with Gasteiger partial charge in [0, 0.05) is 16.5 Å². The average molecular weight is 398 g/mol. The molecule has 1 nitrogen and oxygen atoms in total. The van der Waals surface area contributed by atoms with Gasteiger partial charge >= 0.3 is 0 Å². The van der Waals surface area contributed by atoms with E-state index in [1.54, 1.807) is 5.56 Å². The zero-order valence-corrected chi connectivity index (χ0v) is 17.4. The zero-order chi connectivity index (χ0) is 20.4. The summed E-state index contributed by atoms with van der Waals surface area (Å²) in [5, 5.41) is 3.98. The van der Waals surface area contributed by atoms with Gasteiger partial charge < -0.3 is 0 Å². The molecule has 0 spiro atoms. The third-order valence-corrected chi connectivity index (χ3v) is 7.44. The molecule has 2 bridgehead atoms. The quantitative estimate of drug-likeness (QED) is 0.274. The molecule has 2 atom stereocenters. The highest BCUT2D eigenvalue weighted by Crippen LogP contribution is 2.58. The van der Waals surface area contributed by atoms with Crippen molar-refractivity contribution in [1.82, 2.24) is 4.98 Å². The third-order valence-electron chi connectivity index (χ3n) is 7.44. The molecule has 1 fully saturated rings. The Labute approximate surface area is 182 Å². The predicted molar refractivity (Wildman–Crippen MR) is 129 cm³/mol. The Bertz CT molecular complexity index is 1450. The van der Waals surface area contributed by atoms with E-state index in [1.807, 2.05) is 0 Å². The first kappa shape index (κ1) is 17.3. The Morgan fingerprint density at radius 2 is 1.26 bits per heavy atom. The van der Waals surface area contributed by atoms with Crippen LogP contribution in [0.1, 0.15) is 42.2 Å². The molecule has 1 heterocycles. The van der Waals surface area contributed by atoms with Gasteiger partial charge in [0.15, 0.2) is 0 Å². The molecule has 31 heavy (non-hydrogen) atoms. The minimum absolute atomic E-state index is 0.666. The number of hydrogen-bond acceptors (Lipinski definition) is 1. The highest BCUT2D eigenvalue weighted by atomic mass is 14.7. The number of benzene rings is 4. The van der Waals surface area contributed by atoms with Gasteiger partial charge in [-0.1, -0.05) is 84.9 Å². The number of nitrogens with zero attached hydrogens (tertiary/aromatic N) is 1. The summed E-state index contributed by atoms with van der Waals surface area (Å²) in [4.78, 5) is 5.46. The topological polar surface area (TPSA) is 12.9 Å². The second-order valence-corrected chi connectivity index (χ2v) is 9.10. The molecular weight excluding hydrogens is 374 g/mol. The average Bonchev–Trinajstić information content (AvgIpc) is 3.46. The Balaban J connectivity index is 1.69. The largest absolute Gasteiger partial charge is 0.247 e. The minimum Gasteiger partial charge on any atom is -0.247 e. The van der Waals surface area contributed by atoms with Gasteiger partial charge in [-0.25, -0.2) is 4.98 Å². The molecular formula is C30H23N. The van der Waals surface area contributed by atoms with Crippen molar-refractivity contribution >= 4 is 21.7 Å². The number of rotatable bonds is 2. The normalized spacial score (nSPS) is 19.2. The van der Waals surface area contributed by atoms with E-state index in [-0.39, 0.29) is 0 Å². The van der Waals surface area contributed by atoms with Gasteiger partial charge in [-0.2, -0.15) is 0 Å². The van der Waals surface area contributed by atoms with Crippen LogP contribution >= 0.6 is 0 Å². The third kappa shape index (κ3) is 2.47. The van der Waals surface area contributed by atoms with E-state index in [2.05, 4.69) is 91.0 Å². The van der Waals surface area contributed by atoms with Crippen LogP contribution in [0.15, 0.2) is 91.0 Å². The van der Waals surface area contributed by atoms with E-state index in [4.69, 9.17) is 4.98 Å². The molecule has 2 aliphatic rings. The zero-order valence-electron chi connectivity index (χ0n) is 17.4. The first-order valence-electron chi connectivity index (χ1n) is 11.4. The van der Waals surface area contributed by atoms with Crippen LogP contribution in [0, 0.1) is 0 Å². The lowest BCUT2D eigenvalue weighted by molar-refractivity contribution is 0.720. The molecule has 2 aliphatic carbocycles. The van der Waals surface area contributed by atoms with Gasteiger partial charge in [-0.15, -0.1) is 0 Å². The summed E-state index contributed by atoms with van der Waals surface area (Å²) in [7, 11) is 0. The summed E-state index contributed by atoms with van der Waals surface area (Å²) in [6, 6.07) is 32.9. The summed E-state index contributed by atoms with van der Waals surface area (Å²) in [5.41, 5.74) is 9.26. The lowest BCUT2D eigenvalue weighted by atomic mass is 9.84. The van der Waals surface area contributed by atoms with Crippen molar-refractivity contribution in [2.24, 2.45) is 0 Å². The maximum atomic E-state index is 5.46. The molecule has 5 aromatic rings. The van der Waals surface area contributed by atoms with Crippen molar-refractivity contribution in [3.05, 3.63) is 102 Å². The van der Waals surface area contributed by atoms with Crippen molar-refractivity contribution in [1.29, 1.82) is 0 Å². The fourth-order valence-electron chi connectivity index (χ4n) is 6.17. The van der Waals surface area contributed by atoms with Crippen molar-refractivity contribution in [2.45, 2.75) is 31.1 Å². The van der Waals surface area contributed by atoms with Crippen molar-refractivity contribution in [2.75, 3.05) is 0 Å². The van der Waals surface area contributed by atoms with Crippen LogP contribution in [0.4, 0.5) is 0 Å². The standard InChI is InChI=1S/C30H23N/c1-3-9-19(10-4-1)27-24-14-8-7-13-21(24)18-25-26-22-15-16-23(17-22)28(26)29(31-30(25)27)20-11-5-2-6-12-20/h1-14,18,22-23H,15-17H2. The van der Waals surface area contributed by atoms with Crippen molar-refractivity contribution in [3.63, 3.8) is 0 Å². The maximum absolute atomic E-state index is 5.46. The van der Waals surface area contributed by atoms with E-state index in [1.165, 1.54) is 63.4 Å². The second-order valence-electron chi connectivity index (χ2n) is 9.10. The molecule has 1 heteroatoms. The molecule has 0 radical (unpaired) electrons. The van der Waals surface area contributed by atoms with Crippen LogP contribution in [0.3, 0.4) is 0 Å². The number of hydrogen-bond donors (Lipinski definition) is 0. The van der Waals surface area contributed by atoms with E-state index in [9.17, 15) is 0 Å². The fraction of sp³-hybridized carbons (Fsp3) is 0.167. The Kier molecular flexibility index (Phi) is 3.63. The second kappa shape index (κ2) is 6.52. The van der Waals surface area contributed by atoms with Crippen LogP contribution < -0.4 is 0 Å². The van der Waals surface area contributed by atoms with E-state index in [0.29, 0.717) is 11.8 Å². The van der Waals surface area contributed by atoms with Crippen LogP contribution in [-0.2, 0) is 0 Å².